The fraction of sp³-hybridized carbons (Fsp3) is 0.600. The summed E-state index contributed by atoms with van der Waals surface area (Å²) >= 11 is 0. The summed E-state index contributed by atoms with van der Waals surface area (Å²) in [7, 11) is -0.649. The van der Waals surface area contributed by atoms with Crippen molar-refractivity contribution in [2.24, 2.45) is 5.92 Å². The molecule has 2 amide bonds. The van der Waals surface area contributed by atoms with Crippen LogP contribution < -0.4 is 5.32 Å². The van der Waals surface area contributed by atoms with Gasteiger partial charge in [-0.2, -0.15) is 0 Å². The molecule has 0 atom stereocenters. The Bertz CT molecular complexity index is 841. The second-order valence-corrected chi connectivity index (χ2v) is 10.1. The van der Waals surface area contributed by atoms with Gasteiger partial charge in [-0.25, -0.2) is 17.5 Å². The number of rotatable bonds is 7. The molecular weight excluding hydrogens is 408 g/mol. The fourth-order valence-electron chi connectivity index (χ4n) is 2.99. The summed E-state index contributed by atoms with van der Waals surface area (Å²) in [5.41, 5.74) is 0.427. The smallest absolute Gasteiger partial charge is 0.409 e. The molecule has 1 N–H and O–H groups in total. The summed E-state index contributed by atoms with van der Waals surface area (Å²) in [6.07, 6.45) is 0.439. The Morgan fingerprint density at radius 2 is 1.90 bits per heavy atom. The van der Waals surface area contributed by atoms with E-state index in [0.29, 0.717) is 38.5 Å². The van der Waals surface area contributed by atoms with E-state index in [2.05, 4.69) is 5.32 Å². The lowest BCUT2D eigenvalue weighted by atomic mass is 10.2. The lowest BCUT2D eigenvalue weighted by Crippen LogP contribution is -2.38. The van der Waals surface area contributed by atoms with Crippen LogP contribution in [0.2, 0.25) is 0 Å². The minimum absolute atomic E-state index is 0.121. The van der Waals surface area contributed by atoms with Crippen molar-refractivity contribution in [3.8, 4) is 0 Å². The summed E-state index contributed by atoms with van der Waals surface area (Å²) in [6, 6.07) is 6.19. The van der Waals surface area contributed by atoms with E-state index >= 15 is 0 Å². The number of hydrogen-bond acceptors (Lipinski definition) is 6. The van der Waals surface area contributed by atoms with Crippen LogP contribution in [0.1, 0.15) is 20.3 Å². The second kappa shape index (κ2) is 10.7. The number of anilines is 1. The third-order valence-electron chi connectivity index (χ3n) is 4.65. The zero-order valence-electron chi connectivity index (χ0n) is 18.1. The van der Waals surface area contributed by atoms with Gasteiger partial charge in [-0.3, -0.25) is 9.69 Å². The number of sulfonamides is 1. The normalized spacial score (nSPS) is 15.9. The molecule has 9 nitrogen and oxygen atoms in total. The Hall–Kier alpha value is -2.17. The lowest BCUT2D eigenvalue weighted by Gasteiger charge is -2.21. The lowest BCUT2D eigenvalue weighted by molar-refractivity contribution is -0.117. The Balaban J connectivity index is 1.89. The van der Waals surface area contributed by atoms with Gasteiger partial charge in [0.15, 0.2) is 0 Å². The van der Waals surface area contributed by atoms with Crippen LogP contribution in [0.5, 0.6) is 0 Å². The van der Waals surface area contributed by atoms with Crippen molar-refractivity contribution in [3.63, 3.8) is 0 Å². The maximum absolute atomic E-state index is 12.5. The molecule has 0 unspecified atom stereocenters. The highest BCUT2D eigenvalue weighted by molar-refractivity contribution is 7.89. The van der Waals surface area contributed by atoms with Crippen molar-refractivity contribution in [2.45, 2.75) is 25.2 Å². The molecule has 1 aliphatic heterocycles. The van der Waals surface area contributed by atoms with E-state index in [1.165, 1.54) is 26.2 Å². The standard InChI is InChI=1S/C20H32N4O5S/c1-16(2)15-29-20(26)24-10-6-9-23(11-12-24)14-19(25)21-17-7-5-8-18(13-17)30(27,28)22(3)4/h5,7-8,13,16H,6,9-12,14-15H2,1-4H3,(H,21,25). The molecule has 1 aromatic carbocycles. The van der Waals surface area contributed by atoms with Crippen molar-refractivity contribution in [3.05, 3.63) is 24.3 Å². The van der Waals surface area contributed by atoms with Gasteiger partial charge < -0.3 is 15.0 Å². The minimum atomic E-state index is -3.57. The molecule has 0 aliphatic carbocycles. The van der Waals surface area contributed by atoms with Gasteiger partial charge in [0.25, 0.3) is 0 Å². The average molecular weight is 441 g/mol. The van der Waals surface area contributed by atoms with Crippen LogP contribution in [0.4, 0.5) is 10.5 Å². The van der Waals surface area contributed by atoms with Gasteiger partial charge in [0, 0.05) is 46.0 Å². The maximum atomic E-state index is 12.5. The first-order valence-electron chi connectivity index (χ1n) is 10.1. The van der Waals surface area contributed by atoms with E-state index in [-0.39, 0.29) is 29.4 Å². The van der Waals surface area contributed by atoms with Gasteiger partial charge in [-0.15, -0.1) is 0 Å². The molecule has 2 rings (SSSR count). The molecule has 1 heterocycles. The molecule has 168 valence electrons. The molecular formula is C20H32N4O5S. The van der Waals surface area contributed by atoms with E-state index < -0.39 is 10.0 Å². The SMILES string of the molecule is CC(C)COC(=O)N1CCCN(CC(=O)Nc2cccc(S(=O)(=O)N(C)C)c2)CC1. The van der Waals surface area contributed by atoms with Crippen molar-refractivity contribution in [1.82, 2.24) is 14.1 Å². The van der Waals surface area contributed by atoms with E-state index in [9.17, 15) is 18.0 Å². The number of carbonyl (C=O) groups excluding carboxylic acids is 2. The van der Waals surface area contributed by atoms with Crippen molar-refractivity contribution < 1.29 is 22.7 Å². The molecule has 1 aromatic rings. The van der Waals surface area contributed by atoms with E-state index in [1.807, 2.05) is 18.7 Å². The largest absolute Gasteiger partial charge is 0.449 e. The van der Waals surface area contributed by atoms with Crippen LogP contribution in [0.15, 0.2) is 29.2 Å². The van der Waals surface area contributed by atoms with Gasteiger partial charge in [0.05, 0.1) is 18.0 Å². The van der Waals surface area contributed by atoms with Gasteiger partial charge in [0.2, 0.25) is 15.9 Å². The first-order chi connectivity index (χ1) is 14.1. The van der Waals surface area contributed by atoms with Crippen LogP contribution in [0, 0.1) is 5.92 Å². The number of ether oxygens (including phenoxy) is 1. The number of amides is 2. The third kappa shape index (κ3) is 6.96. The van der Waals surface area contributed by atoms with E-state index in [1.54, 1.807) is 17.0 Å². The predicted octanol–water partition coefficient (Wildman–Crippen LogP) is 1.68. The molecule has 0 aromatic heterocycles. The molecule has 1 saturated heterocycles. The summed E-state index contributed by atoms with van der Waals surface area (Å²) < 4.78 is 30.9. The quantitative estimate of drug-likeness (QED) is 0.693. The van der Waals surface area contributed by atoms with Gasteiger partial charge >= 0.3 is 6.09 Å². The topological polar surface area (TPSA) is 99.3 Å². The zero-order valence-corrected chi connectivity index (χ0v) is 18.9. The van der Waals surface area contributed by atoms with Crippen molar-refractivity contribution >= 4 is 27.7 Å². The Kier molecular flexibility index (Phi) is 8.63. The summed E-state index contributed by atoms with van der Waals surface area (Å²) in [5.74, 6) is 0.0533. The highest BCUT2D eigenvalue weighted by atomic mass is 32.2. The van der Waals surface area contributed by atoms with Gasteiger partial charge in [-0.1, -0.05) is 19.9 Å². The molecule has 1 aliphatic rings. The molecule has 0 radical (unpaired) electrons. The van der Waals surface area contributed by atoms with Gasteiger partial charge in [0.1, 0.15) is 0 Å². The molecule has 0 bridgehead atoms. The first-order valence-corrected chi connectivity index (χ1v) is 11.5. The Morgan fingerprint density at radius 1 is 1.17 bits per heavy atom. The third-order valence-corrected chi connectivity index (χ3v) is 6.46. The molecule has 30 heavy (non-hydrogen) atoms. The molecule has 0 spiro atoms. The first kappa shape index (κ1) is 24.1. The Labute approximate surface area is 179 Å². The average Bonchev–Trinajstić information content (AvgIpc) is 2.91. The number of benzene rings is 1. The molecule has 1 fully saturated rings. The van der Waals surface area contributed by atoms with E-state index in [0.717, 1.165) is 10.7 Å². The van der Waals surface area contributed by atoms with Crippen LogP contribution in [0.3, 0.4) is 0 Å². The fourth-order valence-corrected chi connectivity index (χ4v) is 3.94. The van der Waals surface area contributed by atoms with E-state index in [4.69, 9.17) is 4.74 Å². The highest BCUT2D eigenvalue weighted by Crippen LogP contribution is 2.18. The molecule has 0 saturated carbocycles. The van der Waals surface area contributed by atoms with Crippen LogP contribution in [-0.4, -0.2) is 87.9 Å². The minimum Gasteiger partial charge on any atom is -0.449 e. The van der Waals surface area contributed by atoms with Crippen molar-refractivity contribution in [1.29, 1.82) is 0 Å². The van der Waals surface area contributed by atoms with Crippen molar-refractivity contribution in [2.75, 3.05) is 58.7 Å². The Morgan fingerprint density at radius 3 is 2.57 bits per heavy atom. The highest BCUT2D eigenvalue weighted by Gasteiger charge is 2.22. The van der Waals surface area contributed by atoms with Crippen LogP contribution in [-0.2, 0) is 19.6 Å². The summed E-state index contributed by atoms with van der Waals surface area (Å²) in [5, 5.41) is 2.76. The zero-order chi connectivity index (χ0) is 22.3. The number of hydrogen-bond donors (Lipinski definition) is 1. The summed E-state index contributed by atoms with van der Waals surface area (Å²) in [4.78, 5) is 28.4. The summed E-state index contributed by atoms with van der Waals surface area (Å²) in [6.45, 7) is 6.89. The number of nitrogens with one attached hydrogen (secondary N) is 1. The van der Waals surface area contributed by atoms with Gasteiger partial charge in [-0.05, 0) is 30.5 Å². The van der Waals surface area contributed by atoms with Crippen LogP contribution in [0.25, 0.3) is 0 Å². The van der Waals surface area contributed by atoms with Crippen LogP contribution >= 0.6 is 0 Å². The predicted molar refractivity (Wildman–Crippen MR) is 115 cm³/mol. The second-order valence-electron chi connectivity index (χ2n) is 7.95. The number of nitrogens with zero attached hydrogens (tertiary/aromatic N) is 3. The molecule has 10 heteroatoms. The monoisotopic (exact) mass is 440 g/mol. The maximum Gasteiger partial charge on any atom is 0.409 e. The number of carbonyl (C=O) groups is 2.